The van der Waals surface area contributed by atoms with Gasteiger partial charge in [-0.05, 0) is 42.5 Å². The Morgan fingerprint density at radius 3 is 2.63 bits per heavy atom. The molecule has 0 radical (unpaired) electrons. The lowest BCUT2D eigenvalue weighted by molar-refractivity contribution is -0.136. The minimum Gasteiger partial charge on any atom is -0.467 e. The minimum atomic E-state index is -4.57. The Hall–Kier alpha value is -3.00. The lowest BCUT2D eigenvalue weighted by atomic mass is 10.1. The van der Waals surface area contributed by atoms with E-state index in [1.54, 1.807) is 12.1 Å². The number of amides is 1. The van der Waals surface area contributed by atoms with E-state index in [0.717, 1.165) is 6.07 Å². The standard InChI is InChI=1S/C18H13ClF3N3O2/c19-12-4-5-15(14(8-12)18(20,21)22)25-16-6-3-11(9-23-16)17(26)24-10-13-2-1-7-27-13/h1-9H,10H2,(H,23,25)(H,24,26). The van der Waals surface area contributed by atoms with Gasteiger partial charge in [0, 0.05) is 11.2 Å². The lowest BCUT2D eigenvalue weighted by Gasteiger charge is -2.14. The van der Waals surface area contributed by atoms with Gasteiger partial charge in [0.15, 0.2) is 0 Å². The molecule has 0 aliphatic carbocycles. The maximum absolute atomic E-state index is 13.1. The monoisotopic (exact) mass is 395 g/mol. The van der Waals surface area contributed by atoms with Crippen molar-refractivity contribution in [3.05, 3.63) is 76.8 Å². The summed E-state index contributed by atoms with van der Waals surface area (Å²) in [5.41, 5.74) is -0.828. The summed E-state index contributed by atoms with van der Waals surface area (Å²) in [5.74, 6) is 0.371. The Morgan fingerprint density at radius 2 is 2.00 bits per heavy atom. The molecule has 2 heterocycles. The molecule has 1 amide bonds. The second-order valence-corrected chi connectivity index (χ2v) is 5.94. The number of nitrogens with zero attached hydrogens (tertiary/aromatic N) is 1. The Morgan fingerprint density at radius 1 is 1.19 bits per heavy atom. The number of aromatic nitrogens is 1. The average Bonchev–Trinajstić information content (AvgIpc) is 3.14. The molecule has 0 fully saturated rings. The van der Waals surface area contributed by atoms with Crippen molar-refractivity contribution in [1.29, 1.82) is 0 Å². The van der Waals surface area contributed by atoms with E-state index in [1.165, 1.54) is 36.7 Å². The van der Waals surface area contributed by atoms with Gasteiger partial charge < -0.3 is 15.1 Å². The van der Waals surface area contributed by atoms with E-state index in [9.17, 15) is 18.0 Å². The Balaban J connectivity index is 1.70. The summed E-state index contributed by atoms with van der Waals surface area (Å²) in [5, 5.41) is 5.22. The van der Waals surface area contributed by atoms with E-state index in [2.05, 4.69) is 15.6 Å². The predicted molar refractivity (Wildman–Crippen MR) is 93.9 cm³/mol. The Kier molecular flexibility index (Phi) is 5.36. The molecule has 9 heteroatoms. The molecule has 2 N–H and O–H groups in total. The van der Waals surface area contributed by atoms with Gasteiger partial charge >= 0.3 is 6.18 Å². The molecule has 0 spiro atoms. The zero-order chi connectivity index (χ0) is 19.4. The van der Waals surface area contributed by atoms with E-state index in [1.807, 2.05) is 0 Å². The quantitative estimate of drug-likeness (QED) is 0.636. The van der Waals surface area contributed by atoms with E-state index < -0.39 is 11.7 Å². The number of hydrogen-bond acceptors (Lipinski definition) is 4. The van der Waals surface area contributed by atoms with Crippen molar-refractivity contribution in [2.75, 3.05) is 5.32 Å². The number of pyridine rings is 1. The summed E-state index contributed by atoms with van der Waals surface area (Å²) < 4.78 is 44.5. The molecule has 0 unspecified atom stereocenters. The highest BCUT2D eigenvalue weighted by Crippen LogP contribution is 2.37. The molecule has 1 aromatic carbocycles. The average molecular weight is 396 g/mol. The molecular formula is C18H13ClF3N3O2. The molecule has 0 bridgehead atoms. The third-order valence-electron chi connectivity index (χ3n) is 3.58. The first kappa shape index (κ1) is 18.8. The SMILES string of the molecule is O=C(NCc1ccco1)c1ccc(Nc2ccc(Cl)cc2C(F)(F)F)nc1. The third-order valence-corrected chi connectivity index (χ3v) is 3.81. The van der Waals surface area contributed by atoms with Gasteiger partial charge in [-0.1, -0.05) is 11.6 Å². The number of carbonyl (C=O) groups excluding carboxylic acids is 1. The number of halogens is 4. The Bertz CT molecular complexity index is 926. The summed E-state index contributed by atoms with van der Waals surface area (Å²) in [6.07, 6.45) is -1.81. The van der Waals surface area contributed by atoms with Gasteiger partial charge in [-0.2, -0.15) is 13.2 Å². The van der Waals surface area contributed by atoms with Crippen molar-refractivity contribution >= 4 is 29.0 Å². The third kappa shape index (κ3) is 4.79. The second-order valence-electron chi connectivity index (χ2n) is 5.51. The van der Waals surface area contributed by atoms with Gasteiger partial charge in [0.1, 0.15) is 11.6 Å². The molecule has 2 aromatic heterocycles. The van der Waals surface area contributed by atoms with Crippen LogP contribution in [0.4, 0.5) is 24.7 Å². The van der Waals surface area contributed by atoms with E-state index in [4.69, 9.17) is 16.0 Å². The van der Waals surface area contributed by atoms with E-state index in [-0.39, 0.29) is 34.5 Å². The van der Waals surface area contributed by atoms with Crippen LogP contribution in [-0.2, 0) is 12.7 Å². The molecule has 27 heavy (non-hydrogen) atoms. The summed E-state index contributed by atoms with van der Waals surface area (Å²) >= 11 is 5.65. The van der Waals surface area contributed by atoms with Crippen LogP contribution in [0, 0.1) is 0 Å². The number of hydrogen-bond donors (Lipinski definition) is 2. The molecule has 0 aliphatic rings. The van der Waals surface area contributed by atoms with Crippen molar-refractivity contribution in [3.8, 4) is 0 Å². The molecule has 3 aromatic rings. The number of rotatable bonds is 5. The zero-order valence-electron chi connectivity index (χ0n) is 13.7. The number of alkyl halides is 3. The van der Waals surface area contributed by atoms with Gasteiger partial charge in [-0.25, -0.2) is 4.98 Å². The van der Waals surface area contributed by atoms with Crippen LogP contribution in [0.15, 0.2) is 59.3 Å². The predicted octanol–water partition coefficient (Wildman–Crippen LogP) is 5.02. The van der Waals surface area contributed by atoms with Crippen LogP contribution in [0.1, 0.15) is 21.7 Å². The second kappa shape index (κ2) is 7.71. The topological polar surface area (TPSA) is 67.2 Å². The molecular weight excluding hydrogens is 383 g/mol. The number of anilines is 2. The molecule has 0 saturated heterocycles. The van der Waals surface area contributed by atoms with Gasteiger partial charge in [0.25, 0.3) is 5.91 Å². The van der Waals surface area contributed by atoms with Crippen molar-refractivity contribution in [2.24, 2.45) is 0 Å². The fraction of sp³-hybridized carbons (Fsp3) is 0.111. The van der Waals surface area contributed by atoms with Gasteiger partial charge in [0.05, 0.1) is 29.6 Å². The van der Waals surface area contributed by atoms with Gasteiger partial charge in [-0.15, -0.1) is 0 Å². The summed E-state index contributed by atoms with van der Waals surface area (Å²) in [7, 11) is 0. The highest BCUT2D eigenvalue weighted by molar-refractivity contribution is 6.30. The number of nitrogens with one attached hydrogen (secondary N) is 2. The maximum atomic E-state index is 13.1. The highest BCUT2D eigenvalue weighted by atomic mass is 35.5. The van der Waals surface area contributed by atoms with Crippen molar-refractivity contribution in [3.63, 3.8) is 0 Å². The van der Waals surface area contributed by atoms with Gasteiger partial charge in [-0.3, -0.25) is 4.79 Å². The summed E-state index contributed by atoms with van der Waals surface area (Å²) in [6.45, 7) is 0.214. The van der Waals surface area contributed by atoms with Crippen LogP contribution in [0.5, 0.6) is 0 Å². The smallest absolute Gasteiger partial charge is 0.418 e. The fourth-order valence-corrected chi connectivity index (χ4v) is 2.45. The molecule has 0 atom stereocenters. The van der Waals surface area contributed by atoms with Crippen LogP contribution in [-0.4, -0.2) is 10.9 Å². The first-order valence-corrected chi connectivity index (χ1v) is 8.11. The molecule has 5 nitrogen and oxygen atoms in total. The van der Waals surface area contributed by atoms with E-state index >= 15 is 0 Å². The first-order chi connectivity index (χ1) is 12.8. The summed E-state index contributed by atoms with van der Waals surface area (Å²) in [6, 6.07) is 9.69. The van der Waals surface area contributed by atoms with Crippen LogP contribution in [0.25, 0.3) is 0 Å². The van der Waals surface area contributed by atoms with Crippen molar-refractivity contribution in [1.82, 2.24) is 10.3 Å². The fourth-order valence-electron chi connectivity index (χ4n) is 2.28. The van der Waals surface area contributed by atoms with E-state index in [0.29, 0.717) is 5.76 Å². The van der Waals surface area contributed by atoms with Crippen molar-refractivity contribution < 1.29 is 22.4 Å². The van der Waals surface area contributed by atoms with Crippen molar-refractivity contribution in [2.45, 2.75) is 12.7 Å². The first-order valence-electron chi connectivity index (χ1n) is 7.73. The van der Waals surface area contributed by atoms with Crippen LogP contribution >= 0.6 is 11.6 Å². The van der Waals surface area contributed by atoms with Crippen LogP contribution < -0.4 is 10.6 Å². The zero-order valence-corrected chi connectivity index (χ0v) is 14.4. The number of benzene rings is 1. The Labute approximate surface area is 157 Å². The largest absolute Gasteiger partial charge is 0.467 e. The summed E-state index contributed by atoms with van der Waals surface area (Å²) in [4.78, 5) is 16.0. The minimum absolute atomic E-state index is 0.0237. The van der Waals surface area contributed by atoms with Gasteiger partial charge in [0.2, 0.25) is 0 Å². The molecule has 0 saturated carbocycles. The van der Waals surface area contributed by atoms with Crippen LogP contribution in [0.3, 0.4) is 0 Å². The highest BCUT2D eigenvalue weighted by Gasteiger charge is 2.33. The number of carbonyl (C=O) groups is 1. The molecule has 140 valence electrons. The number of furan rings is 1. The normalized spacial score (nSPS) is 11.3. The van der Waals surface area contributed by atoms with Crippen LogP contribution in [0.2, 0.25) is 5.02 Å². The lowest BCUT2D eigenvalue weighted by Crippen LogP contribution is -2.22. The maximum Gasteiger partial charge on any atom is 0.418 e. The molecule has 0 aliphatic heterocycles. The molecule has 3 rings (SSSR count).